The van der Waals surface area contributed by atoms with Crippen molar-refractivity contribution in [1.82, 2.24) is 9.97 Å². The van der Waals surface area contributed by atoms with E-state index in [4.69, 9.17) is 0 Å². The second-order valence-electron chi connectivity index (χ2n) is 4.43. The van der Waals surface area contributed by atoms with E-state index < -0.39 is 4.92 Å². The van der Waals surface area contributed by atoms with Crippen molar-refractivity contribution in [3.8, 4) is 0 Å². The summed E-state index contributed by atoms with van der Waals surface area (Å²) in [7, 11) is 0. The fourth-order valence-electron chi connectivity index (χ4n) is 1.62. The summed E-state index contributed by atoms with van der Waals surface area (Å²) in [6.07, 6.45) is 4.60. The van der Waals surface area contributed by atoms with Crippen LogP contribution in [0.15, 0.2) is 6.33 Å². The highest BCUT2D eigenvalue weighted by atomic mass is 16.6. The molecule has 2 rings (SSSR count). The van der Waals surface area contributed by atoms with Gasteiger partial charge in [-0.25, -0.2) is 9.97 Å². The van der Waals surface area contributed by atoms with Gasteiger partial charge in [0.1, 0.15) is 6.33 Å². The Morgan fingerprint density at radius 3 is 2.61 bits per heavy atom. The van der Waals surface area contributed by atoms with Crippen molar-refractivity contribution < 1.29 is 4.92 Å². The van der Waals surface area contributed by atoms with E-state index in [-0.39, 0.29) is 11.5 Å². The Morgan fingerprint density at radius 2 is 2.06 bits per heavy atom. The molecule has 0 saturated heterocycles. The highest BCUT2D eigenvalue weighted by Gasteiger charge is 2.25. The Hall–Kier alpha value is -1.92. The molecule has 1 aliphatic rings. The lowest BCUT2D eigenvalue weighted by Gasteiger charge is -2.08. The first-order chi connectivity index (χ1) is 8.72. The molecule has 1 fully saturated rings. The van der Waals surface area contributed by atoms with Gasteiger partial charge < -0.3 is 10.6 Å². The normalized spacial score (nSPS) is 14.3. The third-order valence-corrected chi connectivity index (χ3v) is 2.80. The molecule has 1 saturated carbocycles. The maximum absolute atomic E-state index is 11.1. The van der Waals surface area contributed by atoms with Crippen LogP contribution in [0.4, 0.5) is 17.3 Å². The van der Waals surface area contributed by atoms with Gasteiger partial charge in [-0.1, -0.05) is 6.92 Å². The summed E-state index contributed by atoms with van der Waals surface area (Å²) in [6, 6.07) is 0. The van der Waals surface area contributed by atoms with Crippen LogP contribution < -0.4 is 10.6 Å². The Bertz CT molecular complexity index is 433. The van der Waals surface area contributed by atoms with Gasteiger partial charge in [0.15, 0.2) is 0 Å². The summed E-state index contributed by atoms with van der Waals surface area (Å²) in [5.41, 5.74) is -0.0633. The van der Waals surface area contributed by atoms with Crippen LogP contribution in [-0.2, 0) is 0 Å². The molecule has 0 spiro atoms. The number of nitro groups is 1. The topological polar surface area (TPSA) is 93.0 Å². The molecule has 0 unspecified atom stereocenters. The largest absolute Gasteiger partial charge is 0.364 e. The zero-order valence-electron chi connectivity index (χ0n) is 10.3. The van der Waals surface area contributed by atoms with Crippen LogP contribution in [0, 0.1) is 16.0 Å². The molecule has 0 aromatic carbocycles. The summed E-state index contributed by atoms with van der Waals surface area (Å²) < 4.78 is 0. The van der Waals surface area contributed by atoms with Gasteiger partial charge >= 0.3 is 5.69 Å². The van der Waals surface area contributed by atoms with Crippen molar-refractivity contribution in [3.63, 3.8) is 0 Å². The lowest BCUT2D eigenvalue weighted by molar-refractivity contribution is -0.383. The summed E-state index contributed by atoms with van der Waals surface area (Å²) in [5, 5.41) is 17.1. The van der Waals surface area contributed by atoms with Gasteiger partial charge in [0.2, 0.25) is 11.6 Å². The van der Waals surface area contributed by atoms with Crippen LogP contribution in [0.2, 0.25) is 0 Å². The Morgan fingerprint density at radius 1 is 1.39 bits per heavy atom. The molecule has 0 bridgehead atoms. The van der Waals surface area contributed by atoms with Crippen molar-refractivity contribution in [2.24, 2.45) is 5.92 Å². The smallest absolute Gasteiger partial charge is 0.353 e. The van der Waals surface area contributed by atoms with Gasteiger partial charge in [0, 0.05) is 13.1 Å². The molecule has 1 aromatic rings. The minimum atomic E-state index is -0.437. The molecule has 98 valence electrons. The fraction of sp³-hybridized carbons (Fsp3) is 0.636. The molecule has 2 N–H and O–H groups in total. The molecule has 1 aromatic heterocycles. The van der Waals surface area contributed by atoms with Crippen LogP contribution in [0.1, 0.15) is 26.2 Å². The van der Waals surface area contributed by atoms with Gasteiger partial charge in [-0.3, -0.25) is 10.1 Å². The molecule has 7 heteroatoms. The predicted molar refractivity (Wildman–Crippen MR) is 68.7 cm³/mol. The molecule has 1 aliphatic carbocycles. The number of rotatable bonds is 7. The third kappa shape index (κ3) is 3.06. The summed E-state index contributed by atoms with van der Waals surface area (Å²) >= 11 is 0. The van der Waals surface area contributed by atoms with Crippen molar-refractivity contribution in [2.45, 2.75) is 26.2 Å². The van der Waals surface area contributed by atoms with Crippen LogP contribution >= 0.6 is 0 Å². The number of aromatic nitrogens is 2. The molecule has 0 radical (unpaired) electrons. The fourth-order valence-corrected chi connectivity index (χ4v) is 1.62. The van der Waals surface area contributed by atoms with Crippen molar-refractivity contribution in [2.75, 3.05) is 23.7 Å². The number of anilines is 2. The summed E-state index contributed by atoms with van der Waals surface area (Å²) in [4.78, 5) is 18.6. The molecular formula is C11H17N5O2. The standard InChI is InChI=1S/C11H17N5O2/c1-2-5-12-10-9(16(17)18)11(15-7-14-10)13-6-8-3-4-8/h7-8H,2-6H2,1H3,(H2,12,13,14,15). The molecule has 1 heterocycles. The van der Waals surface area contributed by atoms with Crippen LogP contribution in [0.5, 0.6) is 0 Å². The maximum Gasteiger partial charge on any atom is 0.353 e. The van der Waals surface area contributed by atoms with E-state index >= 15 is 0 Å². The third-order valence-electron chi connectivity index (χ3n) is 2.80. The Labute approximate surface area is 105 Å². The first-order valence-corrected chi connectivity index (χ1v) is 6.19. The minimum absolute atomic E-state index is 0.0633. The van der Waals surface area contributed by atoms with Gasteiger partial charge in [0.05, 0.1) is 4.92 Å². The average molecular weight is 251 g/mol. The summed E-state index contributed by atoms with van der Waals surface area (Å²) in [5.74, 6) is 1.22. The van der Waals surface area contributed by atoms with Crippen LogP contribution in [0.25, 0.3) is 0 Å². The van der Waals surface area contributed by atoms with E-state index in [2.05, 4.69) is 20.6 Å². The molecule has 18 heavy (non-hydrogen) atoms. The van der Waals surface area contributed by atoms with E-state index in [9.17, 15) is 10.1 Å². The van der Waals surface area contributed by atoms with Gasteiger partial charge in [-0.05, 0) is 25.2 Å². The second-order valence-corrected chi connectivity index (χ2v) is 4.43. The van der Waals surface area contributed by atoms with E-state index in [1.165, 1.54) is 19.2 Å². The van der Waals surface area contributed by atoms with Crippen molar-refractivity contribution in [1.29, 1.82) is 0 Å². The van der Waals surface area contributed by atoms with Gasteiger partial charge in [-0.15, -0.1) is 0 Å². The van der Waals surface area contributed by atoms with Gasteiger partial charge in [0.25, 0.3) is 0 Å². The Balaban J connectivity index is 2.17. The van der Waals surface area contributed by atoms with E-state index in [0.29, 0.717) is 18.3 Å². The van der Waals surface area contributed by atoms with Crippen LogP contribution in [-0.4, -0.2) is 28.0 Å². The number of nitrogens with zero attached hydrogens (tertiary/aromatic N) is 3. The van der Waals surface area contributed by atoms with E-state index in [1.807, 2.05) is 6.92 Å². The minimum Gasteiger partial charge on any atom is -0.364 e. The maximum atomic E-state index is 11.1. The predicted octanol–water partition coefficient (Wildman–Crippen LogP) is 2.03. The first-order valence-electron chi connectivity index (χ1n) is 6.19. The van der Waals surface area contributed by atoms with Crippen LogP contribution in [0.3, 0.4) is 0 Å². The summed E-state index contributed by atoms with van der Waals surface area (Å²) in [6.45, 7) is 3.39. The van der Waals surface area contributed by atoms with Crippen molar-refractivity contribution in [3.05, 3.63) is 16.4 Å². The molecule has 0 atom stereocenters. The zero-order chi connectivity index (χ0) is 13.0. The van der Waals surface area contributed by atoms with E-state index in [1.54, 1.807) is 0 Å². The number of hydrogen-bond acceptors (Lipinski definition) is 6. The molecule has 7 nitrogen and oxygen atoms in total. The second kappa shape index (κ2) is 5.61. The molecule has 0 aliphatic heterocycles. The van der Waals surface area contributed by atoms with E-state index in [0.717, 1.165) is 13.0 Å². The zero-order valence-corrected chi connectivity index (χ0v) is 10.3. The number of nitrogens with one attached hydrogen (secondary N) is 2. The highest BCUT2D eigenvalue weighted by Crippen LogP contribution is 2.32. The SMILES string of the molecule is CCCNc1ncnc(NCC2CC2)c1[N+](=O)[O-]. The first kappa shape index (κ1) is 12.5. The number of hydrogen-bond donors (Lipinski definition) is 2. The van der Waals surface area contributed by atoms with Gasteiger partial charge in [-0.2, -0.15) is 0 Å². The quantitative estimate of drug-likeness (QED) is 0.569. The molecule has 0 amide bonds. The lowest BCUT2D eigenvalue weighted by atomic mass is 10.3. The molecular weight excluding hydrogens is 234 g/mol. The highest BCUT2D eigenvalue weighted by molar-refractivity contribution is 5.69. The monoisotopic (exact) mass is 251 g/mol. The average Bonchev–Trinajstić information content (AvgIpc) is 3.17. The van der Waals surface area contributed by atoms with Crippen molar-refractivity contribution >= 4 is 17.3 Å². The Kier molecular flexibility index (Phi) is 3.91. The lowest BCUT2D eigenvalue weighted by Crippen LogP contribution is -2.11.